The molecule has 0 heterocycles. The molecule has 30 heavy (non-hydrogen) atoms. The van der Waals surface area contributed by atoms with Crippen LogP contribution in [0.25, 0.3) is 0 Å². The van der Waals surface area contributed by atoms with Gasteiger partial charge in [0.2, 0.25) is 11.8 Å². The van der Waals surface area contributed by atoms with Crippen molar-refractivity contribution in [3.8, 4) is 0 Å². The number of rotatable bonds is 7. The molecule has 1 aliphatic carbocycles. The van der Waals surface area contributed by atoms with E-state index in [0.29, 0.717) is 0 Å². The van der Waals surface area contributed by atoms with Crippen LogP contribution in [-0.4, -0.2) is 28.8 Å². The van der Waals surface area contributed by atoms with Gasteiger partial charge in [0.25, 0.3) is 0 Å². The lowest BCUT2D eigenvalue weighted by atomic mass is 10.1. The molecule has 1 N–H and O–H groups in total. The minimum Gasteiger partial charge on any atom is -0.352 e. The van der Waals surface area contributed by atoms with Gasteiger partial charge >= 0.3 is 0 Å². The number of hydrogen-bond acceptors (Lipinski definition) is 2. The Hall–Kier alpha value is -2.40. The second kappa shape index (κ2) is 10.1. The molecule has 1 unspecified atom stereocenters. The van der Waals surface area contributed by atoms with E-state index in [2.05, 4.69) is 5.32 Å². The van der Waals surface area contributed by atoms with Crippen LogP contribution in [0.2, 0.25) is 5.02 Å². The maximum absolute atomic E-state index is 14.2. The first-order valence-electron chi connectivity index (χ1n) is 10.4. The zero-order valence-corrected chi connectivity index (χ0v) is 18.2. The summed E-state index contributed by atoms with van der Waals surface area (Å²) in [6.07, 6.45) is 3.96. The molecular formula is C24H28ClFN2O2. The molecule has 0 saturated heterocycles. The molecule has 0 aromatic heterocycles. The number of halogens is 2. The summed E-state index contributed by atoms with van der Waals surface area (Å²) in [5.41, 5.74) is 2.18. The minimum absolute atomic E-state index is 0.154. The molecule has 2 aromatic rings. The third kappa shape index (κ3) is 5.60. The molecule has 2 aromatic carbocycles. The van der Waals surface area contributed by atoms with Gasteiger partial charge < -0.3 is 10.2 Å². The molecule has 1 atom stereocenters. The van der Waals surface area contributed by atoms with Gasteiger partial charge in [-0.3, -0.25) is 9.59 Å². The molecular weight excluding hydrogens is 403 g/mol. The highest BCUT2D eigenvalue weighted by Gasteiger charge is 2.29. The molecule has 3 rings (SSSR count). The molecule has 160 valence electrons. The van der Waals surface area contributed by atoms with E-state index in [-0.39, 0.29) is 41.4 Å². The molecule has 0 bridgehead atoms. The van der Waals surface area contributed by atoms with E-state index < -0.39 is 11.9 Å². The molecule has 4 nitrogen and oxygen atoms in total. The molecule has 0 aliphatic heterocycles. The highest BCUT2D eigenvalue weighted by molar-refractivity contribution is 6.31. The first-order valence-corrected chi connectivity index (χ1v) is 10.8. The number of aryl methyl sites for hydroxylation is 1. The van der Waals surface area contributed by atoms with Gasteiger partial charge in [-0.2, -0.15) is 0 Å². The number of hydrogen-bond donors (Lipinski definition) is 1. The van der Waals surface area contributed by atoms with E-state index in [1.54, 1.807) is 13.0 Å². The van der Waals surface area contributed by atoms with E-state index in [1.165, 1.54) is 17.0 Å². The summed E-state index contributed by atoms with van der Waals surface area (Å²) in [6, 6.07) is 11.7. The monoisotopic (exact) mass is 430 g/mol. The fourth-order valence-electron chi connectivity index (χ4n) is 3.82. The summed E-state index contributed by atoms with van der Waals surface area (Å²) >= 11 is 6.12. The lowest BCUT2D eigenvalue weighted by molar-refractivity contribution is -0.140. The van der Waals surface area contributed by atoms with Gasteiger partial charge in [-0.1, -0.05) is 60.3 Å². The number of carbonyl (C=O) groups is 2. The Morgan fingerprint density at radius 3 is 2.47 bits per heavy atom. The predicted octanol–water partition coefficient (Wildman–Crippen LogP) is 4.81. The molecule has 0 spiro atoms. The molecule has 1 aliphatic rings. The van der Waals surface area contributed by atoms with Crippen molar-refractivity contribution in [2.45, 2.75) is 64.6 Å². The van der Waals surface area contributed by atoms with Gasteiger partial charge in [-0.15, -0.1) is 0 Å². The highest BCUT2D eigenvalue weighted by Crippen LogP contribution is 2.22. The van der Waals surface area contributed by atoms with Gasteiger partial charge in [-0.05, 0) is 44.4 Å². The van der Waals surface area contributed by atoms with Crippen molar-refractivity contribution in [2.75, 3.05) is 0 Å². The van der Waals surface area contributed by atoms with Gasteiger partial charge in [0, 0.05) is 23.2 Å². The van der Waals surface area contributed by atoms with Gasteiger partial charge in [0.05, 0.1) is 6.42 Å². The maximum Gasteiger partial charge on any atom is 0.242 e. The zero-order chi connectivity index (χ0) is 21.7. The Morgan fingerprint density at radius 1 is 1.17 bits per heavy atom. The van der Waals surface area contributed by atoms with E-state index in [9.17, 15) is 14.0 Å². The summed E-state index contributed by atoms with van der Waals surface area (Å²) < 4.78 is 14.2. The number of nitrogens with zero attached hydrogens (tertiary/aromatic N) is 1. The number of amides is 2. The Bertz CT molecular complexity index is 874. The van der Waals surface area contributed by atoms with Crippen LogP contribution in [-0.2, 0) is 22.6 Å². The molecule has 2 amide bonds. The van der Waals surface area contributed by atoms with Crippen LogP contribution in [0.3, 0.4) is 0 Å². The van der Waals surface area contributed by atoms with E-state index in [0.717, 1.165) is 36.8 Å². The normalized spacial score (nSPS) is 15.1. The first kappa shape index (κ1) is 22.3. The van der Waals surface area contributed by atoms with E-state index >= 15 is 0 Å². The zero-order valence-electron chi connectivity index (χ0n) is 17.5. The summed E-state index contributed by atoms with van der Waals surface area (Å²) in [4.78, 5) is 27.6. The Morgan fingerprint density at radius 2 is 1.83 bits per heavy atom. The maximum atomic E-state index is 14.2. The van der Waals surface area contributed by atoms with Crippen LogP contribution >= 0.6 is 11.6 Å². The van der Waals surface area contributed by atoms with Crippen LogP contribution in [0.1, 0.15) is 49.3 Å². The highest BCUT2D eigenvalue weighted by atomic mass is 35.5. The minimum atomic E-state index is -0.676. The van der Waals surface area contributed by atoms with Gasteiger partial charge in [0.15, 0.2) is 0 Å². The summed E-state index contributed by atoms with van der Waals surface area (Å²) in [7, 11) is 0. The number of benzene rings is 2. The predicted molar refractivity (Wildman–Crippen MR) is 117 cm³/mol. The molecule has 0 radical (unpaired) electrons. The van der Waals surface area contributed by atoms with Crippen molar-refractivity contribution >= 4 is 23.4 Å². The number of carbonyl (C=O) groups excluding carboxylic acids is 2. The lowest BCUT2D eigenvalue weighted by Gasteiger charge is -2.30. The Balaban J connectivity index is 1.80. The molecule has 1 fully saturated rings. The molecule has 6 heteroatoms. The van der Waals surface area contributed by atoms with Crippen LogP contribution < -0.4 is 5.32 Å². The quantitative estimate of drug-likeness (QED) is 0.685. The van der Waals surface area contributed by atoms with Crippen LogP contribution in [0.4, 0.5) is 4.39 Å². The third-order valence-electron chi connectivity index (χ3n) is 5.73. The first-order chi connectivity index (χ1) is 14.3. The Kier molecular flexibility index (Phi) is 7.48. The average Bonchev–Trinajstić information content (AvgIpc) is 3.22. The largest absolute Gasteiger partial charge is 0.352 e. The van der Waals surface area contributed by atoms with Gasteiger partial charge in [-0.25, -0.2) is 4.39 Å². The Labute approximate surface area is 182 Å². The molecule has 1 saturated carbocycles. The lowest BCUT2D eigenvalue weighted by Crippen LogP contribution is -2.50. The van der Waals surface area contributed by atoms with Crippen molar-refractivity contribution in [3.05, 3.63) is 70.0 Å². The standard InChI is InChI=1S/C24H28ClFN2O2/c1-16-10-12-18(13-11-16)15-28(17(2)24(30)27-19-6-3-4-7-19)23(29)14-20-21(25)8-5-9-22(20)26/h5,8-13,17,19H,3-4,6-7,14-15H2,1-2H3,(H,27,30). The summed E-state index contributed by atoms with van der Waals surface area (Å²) in [5.74, 6) is -1.03. The fourth-order valence-corrected chi connectivity index (χ4v) is 4.05. The van der Waals surface area contributed by atoms with Crippen molar-refractivity contribution in [1.82, 2.24) is 10.2 Å². The second-order valence-corrected chi connectivity index (χ2v) is 8.46. The second-order valence-electron chi connectivity index (χ2n) is 8.05. The van der Waals surface area contributed by atoms with Crippen molar-refractivity contribution in [2.24, 2.45) is 0 Å². The third-order valence-corrected chi connectivity index (χ3v) is 6.09. The van der Waals surface area contributed by atoms with Crippen molar-refractivity contribution < 1.29 is 14.0 Å². The summed E-state index contributed by atoms with van der Waals surface area (Å²) in [6.45, 7) is 3.98. The summed E-state index contributed by atoms with van der Waals surface area (Å²) in [5, 5.41) is 3.27. The van der Waals surface area contributed by atoms with Crippen LogP contribution in [0, 0.1) is 12.7 Å². The van der Waals surface area contributed by atoms with E-state index in [1.807, 2.05) is 31.2 Å². The van der Waals surface area contributed by atoms with Crippen molar-refractivity contribution in [3.63, 3.8) is 0 Å². The topological polar surface area (TPSA) is 49.4 Å². The van der Waals surface area contributed by atoms with Crippen molar-refractivity contribution in [1.29, 1.82) is 0 Å². The van der Waals surface area contributed by atoms with Gasteiger partial charge in [0.1, 0.15) is 11.9 Å². The van der Waals surface area contributed by atoms with Crippen LogP contribution in [0.5, 0.6) is 0 Å². The number of nitrogens with one attached hydrogen (secondary N) is 1. The fraction of sp³-hybridized carbons (Fsp3) is 0.417. The smallest absolute Gasteiger partial charge is 0.242 e. The van der Waals surface area contributed by atoms with E-state index in [4.69, 9.17) is 11.6 Å². The SMILES string of the molecule is Cc1ccc(CN(C(=O)Cc2c(F)cccc2Cl)C(C)C(=O)NC2CCCC2)cc1. The average molecular weight is 431 g/mol. The van der Waals surface area contributed by atoms with Crippen LogP contribution in [0.15, 0.2) is 42.5 Å².